The zero-order valence-electron chi connectivity index (χ0n) is 12.0. The van der Waals surface area contributed by atoms with Crippen molar-refractivity contribution in [1.29, 1.82) is 0 Å². The standard InChI is InChI=1S/C16H20N2O2S/c19-15(13-4-2-1-3-5-13)17-8-6-14(7-9-17)16(20)18-10-11-21-12-18/h1-5,14H,6-12H2. The van der Waals surface area contributed by atoms with Crippen LogP contribution in [0.5, 0.6) is 0 Å². The minimum Gasteiger partial charge on any atom is -0.339 e. The summed E-state index contributed by atoms with van der Waals surface area (Å²) in [5.74, 6) is 2.35. The second-order valence-corrected chi connectivity index (χ2v) is 6.65. The van der Waals surface area contributed by atoms with Crippen molar-refractivity contribution in [2.45, 2.75) is 12.8 Å². The number of rotatable bonds is 2. The summed E-state index contributed by atoms with van der Waals surface area (Å²) in [6, 6.07) is 9.38. The van der Waals surface area contributed by atoms with E-state index in [4.69, 9.17) is 0 Å². The van der Waals surface area contributed by atoms with Gasteiger partial charge in [-0.05, 0) is 25.0 Å². The molecule has 0 aromatic heterocycles. The van der Waals surface area contributed by atoms with Crippen LogP contribution in [-0.2, 0) is 4.79 Å². The number of hydrogen-bond donors (Lipinski definition) is 0. The Balaban J connectivity index is 1.55. The molecular weight excluding hydrogens is 284 g/mol. The Morgan fingerprint density at radius 2 is 1.71 bits per heavy atom. The molecule has 1 aromatic carbocycles. The summed E-state index contributed by atoms with van der Waals surface area (Å²) in [6.45, 7) is 2.25. The highest BCUT2D eigenvalue weighted by Crippen LogP contribution is 2.24. The Labute approximate surface area is 129 Å². The molecule has 3 rings (SSSR count). The maximum atomic E-state index is 12.4. The first-order chi connectivity index (χ1) is 10.3. The topological polar surface area (TPSA) is 40.6 Å². The van der Waals surface area contributed by atoms with Crippen LogP contribution in [-0.4, -0.2) is 52.9 Å². The van der Waals surface area contributed by atoms with Gasteiger partial charge in [0.05, 0.1) is 5.88 Å². The number of benzene rings is 1. The van der Waals surface area contributed by atoms with Crippen LogP contribution in [0.15, 0.2) is 30.3 Å². The minimum absolute atomic E-state index is 0.0817. The normalized spacial score (nSPS) is 19.8. The Morgan fingerprint density at radius 3 is 2.33 bits per heavy atom. The number of thioether (sulfide) groups is 1. The van der Waals surface area contributed by atoms with E-state index in [9.17, 15) is 9.59 Å². The first-order valence-electron chi connectivity index (χ1n) is 7.46. The molecule has 2 aliphatic heterocycles. The maximum absolute atomic E-state index is 12.4. The predicted octanol–water partition coefficient (Wildman–Crippen LogP) is 2.07. The molecule has 2 saturated heterocycles. The van der Waals surface area contributed by atoms with Crippen molar-refractivity contribution < 1.29 is 9.59 Å². The number of carbonyl (C=O) groups excluding carboxylic acids is 2. The van der Waals surface area contributed by atoms with Gasteiger partial charge < -0.3 is 9.80 Å². The van der Waals surface area contributed by atoms with Crippen molar-refractivity contribution in [1.82, 2.24) is 9.80 Å². The Morgan fingerprint density at radius 1 is 1.00 bits per heavy atom. The fraction of sp³-hybridized carbons (Fsp3) is 0.500. The summed E-state index contributed by atoms with van der Waals surface area (Å²) in [7, 11) is 0. The molecule has 21 heavy (non-hydrogen) atoms. The molecule has 2 heterocycles. The van der Waals surface area contributed by atoms with Gasteiger partial charge in [-0.25, -0.2) is 0 Å². The first kappa shape index (κ1) is 14.4. The Kier molecular flexibility index (Phi) is 4.48. The van der Waals surface area contributed by atoms with Crippen molar-refractivity contribution in [2.24, 2.45) is 5.92 Å². The van der Waals surface area contributed by atoms with Gasteiger partial charge in [0.15, 0.2) is 0 Å². The van der Waals surface area contributed by atoms with Crippen LogP contribution < -0.4 is 0 Å². The number of nitrogens with zero attached hydrogens (tertiary/aromatic N) is 2. The lowest BCUT2D eigenvalue weighted by atomic mass is 9.95. The molecule has 0 aliphatic carbocycles. The molecule has 5 heteroatoms. The molecule has 0 radical (unpaired) electrons. The van der Waals surface area contributed by atoms with Crippen LogP contribution in [0.4, 0.5) is 0 Å². The lowest BCUT2D eigenvalue weighted by molar-refractivity contribution is -0.135. The fourth-order valence-electron chi connectivity index (χ4n) is 2.94. The summed E-state index contributed by atoms with van der Waals surface area (Å²) in [5, 5.41) is 0. The van der Waals surface area contributed by atoms with Crippen LogP contribution in [0.1, 0.15) is 23.2 Å². The summed E-state index contributed by atoms with van der Waals surface area (Å²) in [6.07, 6.45) is 1.58. The second kappa shape index (κ2) is 6.52. The van der Waals surface area contributed by atoms with E-state index in [2.05, 4.69) is 0 Å². The maximum Gasteiger partial charge on any atom is 0.253 e. The van der Waals surface area contributed by atoms with Gasteiger partial charge in [0.2, 0.25) is 5.91 Å². The van der Waals surface area contributed by atoms with Crippen LogP contribution in [0.25, 0.3) is 0 Å². The number of likely N-dealkylation sites (tertiary alicyclic amines) is 1. The van der Waals surface area contributed by atoms with Crippen molar-refractivity contribution in [2.75, 3.05) is 31.3 Å². The molecule has 2 aliphatic rings. The largest absolute Gasteiger partial charge is 0.339 e. The van der Waals surface area contributed by atoms with Crippen molar-refractivity contribution in [3.8, 4) is 0 Å². The highest BCUT2D eigenvalue weighted by molar-refractivity contribution is 7.99. The molecule has 4 nitrogen and oxygen atoms in total. The minimum atomic E-state index is 0.0817. The van der Waals surface area contributed by atoms with E-state index in [0.717, 1.165) is 36.6 Å². The van der Waals surface area contributed by atoms with E-state index < -0.39 is 0 Å². The van der Waals surface area contributed by atoms with Crippen molar-refractivity contribution in [3.05, 3.63) is 35.9 Å². The molecular formula is C16H20N2O2S. The van der Waals surface area contributed by atoms with Crippen molar-refractivity contribution in [3.63, 3.8) is 0 Å². The van der Waals surface area contributed by atoms with Crippen LogP contribution in [0.2, 0.25) is 0 Å². The van der Waals surface area contributed by atoms with Gasteiger partial charge in [-0.15, -0.1) is 11.8 Å². The Bertz CT molecular complexity index is 506. The summed E-state index contributed by atoms with van der Waals surface area (Å²) < 4.78 is 0. The first-order valence-corrected chi connectivity index (χ1v) is 8.62. The van der Waals surface area contributed by atoms with Gasteiger partial charge in [-0.3, -0.25) is 9.59 Å². The summed E-state index contributed by atoms with van der Waals surface area (Å²) in [5.41, 5.74) is 0.734. The molecule has 0 unspecified atom stereocenters. The average molecular weight is 304 g/mol. The number of carbonyl (C=O) groups is 2. The zero-order valence-corrected chi connectivity index (χ0v) is 12.8. The van der Waals surface area contributed by atoms with Crippen LogP contribution >= 0.6 is 11.8 Å². The Hall–Kier alpha value is -1.49. The average Bonchev–Trinajstić information content (AvgIpc) is 3.09. The van der Waals surface area contributed by atoms with Gasteiger partial charge in [0.25, 0.3) is 5.91 Å². The molecule has 112 valence electrons. The lowest BCUT2D eigenvalue weighted by Crippen LogP contribution is -2.43. The van der Waals surface area contributed by atoms with Gasteiger partial charge in [-0.2, -0.15) is 0 Å². The highest BCUT2D eigenvalue weighted by Gasteiger charge is 2.31. The van der Waals surface area contributed by atoms with Gasteiger partial charge in [0, 0.05) is 36.9 Å². The van der Waals surface area contributed by atoms with Gasteiger partial charge >= 0.3 is 0 Å². The van der Waals surface area contributed by atoms with E-state index in [1.54, 1.807) is 0 Å². The third-order valence-electron chi connectivity index (χ3n) is 4.22. The molecule has 2 amide bonds. The molecule has 0 atom stereocenters. The zero-order chi connectivity index (χ0) is 14.7. The molecule has 0 spiro atoms. The highest BCUT2D eigenvalue weighted by atomic mass is 32.2. The summed E-state index contributed by atoms with van der Waals surface area (Å²) >= 11 is 1.82. The molecule has 0 N–H and O–H groups in total. The molecule has 2 fully saturated rings. The molecule has 1 aromatic rings. The third kappa shape index (κ3) is 3.23. The third-order valence-corrected chi connectivity index (χ3v) is 5.18. The van der Waals surface area contributed by atoms with Crippen molar-refractivity contribution >= 4 is 23.6 Å². The monoisotopic (exact) mass is 304 g/mol. The number of amides is 2. The summed E-state index contributed by atoms with van der Waals surface area (Å²) in [4.78, 5) is 28.6. The molecule has 0 saturated carbocycles. The van der Waals surface area contributed by atoms with E-state index >= 15 is 0 Å². The van der Waals surface area contributed by atoms with E-state index in [-0.39, 0.29) is 17.7 Å². The van der Waals surface area contributed by atoms with Gasteiger partial charge in [0.1, 0.15) is 0 Å². The number of piperidine rings is 1. The van der Waals surface area contributed by atoms with E-state index in [1.165, 1.54) is 0 Å². The molecule has 0 bridgehead atoms. The lowest BCUT2D eigenvalue weighted by Gasteiger charge is -2.33. The second-order valence-electron chi connectivity index (χ2n) is 5.57. The SMILES string of the molecule is O=C(c1ccccc1)N1CCC(C(=O)N2CCSC2)CC1. The number of hydrogen-bond acceptors (Lipinski definition) is 3. The van der Waals surface area contributed by atoms with E-state index in [0.29, 0.717) is 13.1 Å². The van der Waals surface area contributed by atoms with E-state index in [1.807, 2.05) is 51.9 Å². The van der Waals surface area contributed by atoms with Crippen LogP contribution in [0, 0.1) is 5.92 Å². The van der Waals surface area contributed by atoms with Gasteiger partial charge in [-0.1, -0.05) is 18.2 Å². The fourth-order valence-corrected chi connectivity index (χ4v) is 3.89. The smallest absolute Gasteiger partial charge is 0.253 e. The quantitative estimate of drug-likeness (QED) is 0.840. The van der Waals surface area contributed by atoms with Crippen LogP contribution in [0.3, 0.4) is 0 Å². The predicted molar refractivity (Wildman–Crippen MR) is 84.1 cm³/mol.